The smallest absolute Gasteiger partial charge is 0.335 e. The molecule has 2 aromatic rings. The van der Waals surface area contributed by atoms with E-state index in [9.17, 15) is 9.59 Å². The highest BCUT2D eigenvalue weighted by Gasteiger charge is 2.08. The molecule has 1 aromatic heterocycles. The Morgan fingerprint density at radius 1 is 1.29 bits per heavy atom. The molecule has 2 rings (SSSR count). The Labute approximate surface area is 126 Å². The second-order valence-corrected chi connectivity index (χ2v) is 5.48. The second-order valence-electron chi connectivity index (χ2n) is 4.54. The maximum absolute atomic E-state index is 11.8. The lowest BCUT2D eigenvalue weighted by molar-refractivity contribution is -0.120. The standard InChI is InChI=1S/C15H16N2O3S/c1-2-12-9-21-14(17-12)7-13(18)16-8-10-3-5-11(6-4-10)15(19)20/h3-6,9H,2,7-8H2,1H3,(H,16,18)(H,19,20). The Hall–Kier alpha value is -2.21. The lowest BCUT2D eigenvalue weighted by atomic mass is 10.1. The number of amides is 1. The predicted molar refractivity (Wildman–Crippen MR) is 80.4 cm³/mol. The number of aromatic carboxylic acids is 1. The number of carbonyl (C=O) groups is 2. The third kappa shape index (κ3) is 4.39. The summed E-state index contributed by atoms with van der Waals surface area (Å²) < 4.78 is 0. The molecule has 0 aliphatic rings. The Morgan fingerprint density at radius 3 is 2.57 bits per heavy atom. The van der Waals surface area contributed by atoms with Gasteiger partial charge in [-0.25, -0.2) is 9.78 Å². The Balaban J connectivity index is 1.84. The fraction of sp³-hybridized carbons (Fsp3) is 0.267. The molecule has 21 heavy (non-hydrogen) atoms. The van der Waals surface area contributed by atoms with Crippen LogP contribution in [0, 0.1) is 0 Å². The Morgan fingerprint density at radius 2 is 2.00 bits per heavy atom. The molecule has 0 saturated heterocycles. The first-order chi connectivity index (χ1) is 10.1. The molecule has 0 unspecified atom stereocenters. The van der Waals surface area contributed by atoms with Crippen LogP contribution >= 0.6 is 11.3 Å². The summed E-state index contributed by atoms with van der Waals surface area (Å²) in [7, 11) is 0. The van der Waals surface area contributed by atoms with Gasteiger partial charge >= 0.3 is 5.97 Å². The van der Waals surface area contributed by atoms with Gasteiger partial charge < -0.3 is 10.4 Å². The minimum Gasteiger partial charge on any atom is -0.478 e. The van der Waals surface area contributed by atoms with E-state index in [2.05, 4.69) is 10.3 Å². The predicted octanol–water partition coefficient (Wildman–Crippen LogP) is 2.26. The van der Waals surface area contributed by atoms with Gasteiger partial charge in [0.1, 0.15) is 5.01 Å². The van der Waals surface area contributed by atoms with E-state index in [1.807, 2.05) is 12.3 Å². The van der Waals surface area contributed by atoms with Crippen molar-refractivity contribution in [2.75, 3.05) is 0 Å². The molecule has 1 aromatic carbocycles. The fourth-order valence-corrected chi connectivity index (χ4v) is 2.63. The zero-order chi connectivity index (χ0) is 15.2. The summed E-state index contributed by atoms with van der Waals surface area (Å²) in [5.41, 5.74) is 2.11. The van der Waals surface area contributed by atoms with Crippen LogP contribution in [-0.2, 0) is 24.2 Å². The van der Waals surface area contributed by atoms with Crippen molar-refractivity contribution in [3.63, 3.8) is 0 Å². The molecule has 2 N–H and O–H groups in total. The van der Waals surface area contributed by atoms with Crippen molar-refractivity contribution in [1.29, 1.82) is 0 Å². The van der Waals surface area contributed by atoms with E-state index in [1.165, 1.54) is 23.5 Å². The summed E-state index contributed by atoms with van der Waals surface area (Å²) in [6, 6.07) is 6.45. The first-order valence-electron chi connectivity index (χ1n) is 6.60. The monoisotopic (exact) mass is 304 g/mol. The second kappa shape index (κ2) is 6.99. The number of benzene rings is 1. The van der Waals surface area contributed by atoms with Crippen LogP contribution in [0.5, 0.6) is 0 Å². The molecule has 1 amide bonds. The summed E-state index contributed by atoms with van der Waals surface area (Å²) in [6.07, 6.45) is 1.14. The fourth-order valence-electron chi connectivity index (χ4n) is 1.76. The van der Waals surface area contributed by atoms with Crippen LogP contribution in [0.1, 0.15) is 33.5 Å². The zero-order valence-electron chi connectivity index (χ0n) is 11.6. The van der Waals surface area contributed by atoms with Crippen LogP contribution in [0.15, 0.2) is 29.6 Å². The molecule has 0 radical (unpaired) electrons. The van der Waals surface area contributed by atoms with Gasteiger partial charge in [0.05, 0.1) is 17.7 Å². The van der Waals surface area contributed by atoms with Gasteiger partial charge in [-0.15, -0.1) is 11.3 Å². The largest absolute Gasteiger partial charge is 0.478 e. The highest BCUT2D eigenvalue weighted by Crippen LogP contribution is 2.11. The zero-order valence-corrected chi connectivity index (χ0v) is 12.4. The summed E-state index contributed by atoms with van der Waals surface area (Å²) in [4.78, 5) is 26.9. The topological polar surface area (TPSA) is 79.3 Å². The summed E-state index contributed by atoms with van der Waals surface area (Å²) in [5, 5.41) is 14.4. The summed E-state index contributed by atoms with van der Waals surface area (Å²) in [5.74, 6) is -1.05. The number of rotatable bonds is 6. The van der Waals surface area contributed by atoms with Crippen LogP contribution in [0.3, 0.4) is 0 Å². The van der Waals surface area contributed by atoms with E-state index in [1.54, 1.807) is 12.1 Å². The summed E-state index contributed by atoms with van der Waals surface area (Å²) >= 11 is 1.49. The molecule has 1 heterocycles. The maximum Gasteiger partial charge on any atom is 0.335 e. The van der Waals surface area contributed by atoms with Crippen molar-refractivity contribution in [3.05, 3.63) is 51.5 Å². The molecular formula is C15H16N2O3S. The lowest BCUT2D eigenvalue weighted by Gasteiger charge is -2.04. The highest BCUT2D eigenvalue weighted by atomic mass is 32.1. The molecule has 0 aliphatic heterocycles. The van der Waals surface area contributed by atoms with E-state index < -0.39 is 5.97 Å². The molecule has 0 spiro atoms. The van der Waals surface area contributed by atoms with Crippen LogP contribution in [0.2, 0.25) is 0 Å². The van der Waals surface area contributed by atoms with Crippen molar-refractivity contribution in [2.45, 2.75) is 26.3 Å². The number of aromatic nitrogens is 1. The van der Waals surface area contributed by atoms with Crippen molar-refractivity contribution < 1.29 is 14.7 Å². The number of hydrogen-bond acceptors (Lipinski definition) is 4. The first-order valence-corrected chi connectivity index (χ1v) is 7.48. The number of carboxylic acids is 1. The van der Waals surface area contributed by atoms with E-state index >= 15 is 0 Å². The molecule has 6 heteroatoms. The number of carbonyl (C=O) groups excluding carboxylic acids is 1. The average molecular weight is 304 g/mol. The van der Waals surface area contributed by atoms with E-state index in [-0.39, 0.29) is 17.9 Å². The van der Waals surface area contributed by atoms with Gasteiger partial charge in [-0.1, -0.05) is 19.1 Å². The van der Waals surface area contributed by atoms with E-state index in [0.717, 1.165) is 22.7 Å². The number of nitrogens with zero attached hydrogens (tertiary/aromatic N) is 1. The number of aryl methyl sites for hydroxylation is 1. The van der Waals surface area contributed by atoms with Crippen LogP contribution in [-0.4, -0.2) is 22.0 Å². The number of hydrogen-bond donors (Lipinski definition) is 2. The lowest BCUT2D eigenvalue weighted by Crippen LogP contribution is -2.24. The van der Waals surface area contributed by atoms with Gasteiger partial charge in [0, 0.05) is 11.9 Å². The molecule has 110 valence electrons. The maximum atomic E-state index is 11.8. The van der Waals surface area contributed by atoms with Gasteiger partial charge in [-0.2, -0.15) is 0 Å². The van der Waals surface area contributed by atoms with Crippen molar-refractivity contribution in [3.8, 4) is 0 Å². The van der Waals surface area contributed by atoms with Crippen molar-refractivity contribution in [1.82, 2.24) is 10.3 Å². The SMILES string of the molecule is CCc1csc(CC(=O)NCc2ccc(C(=O)O)cc2)n1. The van der Waals surface area contributed by atoms with Crippen LogP contribution < -0.4 is 5.32 Å². The third-order valence-corrected chi connectivity index (χ3v) is 3.86. The quantitative estimate of drug-likeness (QED) is 0.858. The molecule has 0 saturated carbocycles. The minimum atomic E-state index is -0.957. The molecular weight excluding hydrogens is 288 g/mol. The number of thiazole rings is 1. The van der Waals surface area contributed by atoms with Crippen molar-refractivity contribution >= 4 is 23.2 Å². The molecule has 5 nitrogen and oxygen atoms in total. The van der Waals surface area contributed by atoms with Gasteiger partial charge in [0.2, 0.25) is 5.91 Å². The van der Waals surface area contributed by atoms with E-state index in [0.29, 0.717) is 6.54 Å². The normalized spacial score (nSPS) is 10.3. The van der Waals surface area contributed by atoms with Gasteiger partial charge in [-0.3, -0.25) is 4.79 Å². The molecule has 0 aliphatic carbocycles. The first kappa shape index (κ1) is 15.2. The summed E-state index contributed by atoms with van der Waals surface area (Å²) in [6.45, 7) is 2.41. The number of nitrogens with one attached hydrogen (secondary N) is 1. The third-order valence-electron chi connectivity index (χ3n) is 2.96. The Bertz CT molecular complexity index is 635. The van der Waals surface area contributed by atoms with Gasteiger partial charge in [0.15, 0.2) is 0 Å². The highest BCUT2D eigenvalue weighted by molar-refractivity contribution is 7.09. The van der Waals surface area contributed by atoms with Crippen LogP contribution in [0.4, 0.5) is 0 Å². The Kier molecular flexibility index (Phi) is 5.05. The van der Waals surface area contributed by atoms with Gasteiger partial charge in [-0.05, 0) is 24.1 Å². The average Bonchev–Trinajstić information content (AvgIpc) is 2.93. The minimum absolute atomic E-state index is 0.0886. The van der Waals surface area contributed by atoms with Gasteiger partial charge in [0.25, 0.3) is 0 Å². The van der Waals surface area contributed by atoms with E-state index in [4.69, 9.17) is 5.11 Å². The van der Waals surface area contributed by atoms with Crippen molar-refractivity contribution in [2.24, 2.45) is 0 Å². The molecule has 0 atom stereocenters. The molecule has 0 fully saturated rings. The number of carboxylic acid groups (broad SMARTS) is 1. The van der Waals surface area contributed by atoms with Crippen LogP contribution in [0.25, 0.3) is 0 Å². The molecule has 0 bridgehead atoms.